The van der Waals surface area contributed by atoms with E-state index >= 15 is 0 Å². The van der Waals surface area contributed by atoms with E-state index in [0.29, 0.717) is 18.8 Å². The normalized spacial score (nSPS) is 15.4. The lowest BCUT2D eigenvalue weighted by Crippen LogP contribution is -2.36. The van der Waals surface area contributed by atoms with Gasteiger partial charge in [-0.2, -0.15) is 0 Å². The van der Waals surface area contributed by atoms with Gasteiger partial charge in [-0.15, -0.1) is 0 Å². The second-order valence-electron chi connectivity index (χ2n) is 4.24. The standard InChI is InChI=1S/C13H17NO3/c1-2-12(6-15)14-13(16)9-3-4-10-7-17-8-11(10)5-9/h3-5,12,15H,2,6-8H2,1H3,(H,14,16)/t12-/m1/s1. The lowest BCUT2D eigenvalue weighted by molar-refractivity contribution is 0.0915. The average molecular weight is 235 g/mol. The summed E-state index contributed by atoms with van der Waals surface area (Å²) in [7, 11) is 0. The molecule has 2 N–H and O–H groups in total. The van der Waals surface area contributed by atoms with Gasteiger partial charge in [-0.1, -0.05) is 13.0 Å². The summed E-state index contributed by atoms with van der Waals surface area (Å²) in [5.74, 6) is -0.138. The van der Waals surface area contributed by atoms with E-state index in [2.05, 4.69) is 5.32 Å². The van der Waals surface area contributed by atoms with E-state index in [9.17, 15) is 4.79 Å². The van der Waals surface area contributed by atoms with E-state index < -0.39 is 0 Å². The van der Waals surface area contributed by atoms with Gasteiger partial charge in [0.05, 0.1) is 25.9 Å². The van der Waals surface area contributed by atoms with Crippen LogP contribution < -0.4 is 5.32 Å². The zero-order valence-corrected chi connectivity index (χ0v) is 9.90. The van der Waals surface area contributed by atoms with Gasteiger partial charge in [-0.05, 0) is 29.7 Å². The first kappa shape index (κ1) is 12.1. The molecule has 0 aliphatic carbocycles. The monoisotopic (exact) mass is 235 g/mol. The summed E-state index contributed by atoms with van der Waals surface area (Å²) in [5.41, 5.74) is 2.85. The lowest BCUT2D eigenvalue weighted by atomic mass is 10.1. The maximum Gasteiger partial charge on any atom is 0.251 e. The van der Waals surface area contributed by atoms with Gasteiger partial charge in [0.15, 0.2) is 0 Å². The molecular formula is C13H17NO3. The summed E-state index contributed by atoms with van der Waals surface area (Å²) in [6.45, 7) is 3.10. The van der Waals surface area contributed by atoms with Crippen LogP contribution in [0.3, 0.4) is 0 Å². The molecule has 0 aromatic heterocycles. The number of amides is 1. The van der Waals surface area contributed by atoms with E-state index in [1.54, 1.807) is 6.07 Å². The second kappa shape index (κ2) is 5.29. The van der Waals surface area contributed by atoms with E-state index in [0.717, 1.165) is 17.5 Å². The number of aliphatic hydroxyl groups excluding tert-OH is 1. The van der Waals surface area contributed by atoms with Crippen LogP contribution in [0.4, 0.5) is 0 Å². The Hall–Kier alpha value is -1.39. The Labute approximate surface area is 101 Å². The molecule has 1 amide bonds. The van der Waals surface area contributed by atoms with Crippen molar-refractivity contribution in [1.29, 1.82) is 0 Å². The van der Waals surface area contributed by atoms with Gasteiger partial charge in [0.1, 0.15) is 0 Å². The Morgan fingerprint density at radius 2 is 2.24 bits per heavy atom. The molecule has 0 saturated heterocycles. The van der Waals surface area contributed by atoms with Gasteiger partial charge in [0.2, 0.25) is 0 Å². The number of benzene rings is 1. The van der Waals surface area contributed by atoms with Crippen LogP contribution >= 0.6 is 0 Å². The first-order chi connectivity index (χ1) is 8.24. The molecule has 2 rings (SSSR count). The molecule has 4 heteroatoms. The van der Waals surface area contributed by atoms with Crippen LogP contribution in [-0.4, -0.2) is 23.7 Å². The van der Waals surface area contributed by atoms with Crippen molar-refractivity contribution >= 4 is 5.91 Å². The third-order valence-corrected chi connectivity index (χ3v) is 3.03. The number of aliphatic hydroxyl groups is 1. The van der Waals surface area contributed by atoms with E-state index in [1.807, 2.05) is 19.1 Å². The fourth-order valence-electron chi connectivity index (χ4n) is 1.86. The van der Waals surface area contributed by atoms with Gasteiger partial charge in [-0.3, -0.25) is 4.79 Å². The molecule has 4 nitrogen and oxygen atoms in total. The predicted molar refractivity (Wildman–Crippen MR) is 63.6 cm³/mol. The highest BCUT2D eigenvalue weighted by molar-refractivity contribution is 5.94. The van der Waals surface area contributed by atoms with Crippen LogP contribution in [0.15, 0.2) is 18.2 Å². The van der Waals surface area contributed by atoms with E-state index in [4.69, 9.17) is 9.84 Å². The molecule has 0 unspecified atom stereocenters. The molecule has 0 bridgehead atoms. The number of nitrogens with one attached hydrogen (secondary N) is 1. The van der Waals surface area contributed by atoms with Crippen LogP contribution in [-0.2, 0) is 18.0 Å². The quantitative estimate of drug-likeness (QED) is 0.825. The summed E-state index contributed by atoms with van der Waals surface area (Å²) >= 11 is 0. The number of carbonyl (C=O) groups is 1. The third kappa shape index (κ3) is 2.65. The molecule has 1 aliphatic heterocycles. The Morgan fingerprint density at radius 3 is 2.94 bits per heavy atom. The van der Waals surface area contributed by atoms with Gasteiger partial charge < -0.3 is 15.2 Å². The number of fused-ring (bicyclic) bond motifs is 1. The van der Waals surface area contributed by atoms with Crippen LogP contribution in [0.1, 0.15) is 34.8 Å². The summed E-state index contributed by atoms with van der Waals surface area (Å²) in [5, 5.41) is 11.8. The molecule has 1 aromatic rings. The molecular weight excluding hydrogens is 218 g/mol. The van der Waals surface area contributed by atoms with Gasteiger partial charge in [-0.25, -0.2) is 0 Å². The van der Waals surface area contributed by atoms with Crippen molar-refractivity contribution in [3.8, 4) is 0 Å². The maximum atomic E-state index is 11.9. The summed E-state index contributed by atoms with van der Waals surface area (Å²) in [6, 6.07) is 5.42. The van der Waals surface area contributed by atoms with Gasteiger partial charge >= 0.3 is 0 Å². The molecule has 0 spiro atoms. The molecule has 0 radical (unpaired) electrons. The molecule has 1 atom stereocenters. The second-order valence-corrected chi connectivity index (χ2v) is 4.24. The van der Waals surface area contributed by atoms with Crippen molar-refractivity contribution in [3.63, 3.8) is 0 Å². The fourth-order valence-corrected chi connectivity index (χ4v) is 1.86. The smallest absolute Gasteiger partial charge is 0.251 e. The maximum absolute atomic E-state index is 11.9. The Morgan fingerprint density at radius 1 is 1.47 bits per heavy atom. The van der Waals surface area contributed by atoms with Crippen LogP contribution in [0, 0.1) is 0 Å². The minimum Gasteiger partial charge on any atom is -0.394 e. The molecule has 1 heterocycles. The fraction of sp³-hybridized carbons (Fsp3) is 0.462. The van der Waals surface area contributed by atoms with Gasteiger partial charge in [0, 0.05) is 5.56 Å². The molecule has 1 aromatic carbocycles. The first-order valence-corrected chi connectivity index (χ1v) is 5.86. The summed E-state index contributed by atoms with van der Waals surface area (Å²) < 4.78 is 5.30. The van der Waals surface area contributed by atoms with Crippen LogP contribution in [0.2, 0.25) is 0 Å². The van der Waals surface area contributed by atoms with Crippen molar-refractivity contribution in [3.05, 3.63) is 34.9 Å². The van der Waals surface area contributed by atoms with Crippen molar-refractivity contribution in [1.82, 2.24) is 5.32 Å². The number of rotatable bonds is 4. The number of hydrogen-bond acceptors (Lipinski definition) is 3. The minimum absolute atomic E-state index is 0.0315. The molecule has 17 heavy (non-hydrogen) atoms. The topological polar surface area (TPSA) is 58.6 Å². The Bertz CT molecular complexity index is 413. The first-order valence-electron chi connectivity index (χ1n) is 5.86. The summed E-state index contributed by atoms with van der Waals surface area (Å²) in [4.78, 5) is 11.9. The van der Waals surface area contributed by atoms with Crippen molar-refractivity contribution < 1.29 is 14.6 Å². The van der Waals surface area contributed by atoms with Crippen molar-refractivity contribution in [2.45, 2.75) is 32.6 Å². The average Bonchev–Trinajstić information content (AvgIpc) is 2.82. The highest BCUT2D eigenvalue weighted by Crippen LogP contribution is 2.20. The Kier molecular flexibility index (Phi) is 3.76. The molecule has 0 saturated carbocycles. The zero-order valence-electron chi connectivity index (χ0n) is 9.90. The number of carbonyl (C=O) groups excluding carboxylic acids is 1. The predicted octanol–water partition coefficient (Wildman–Crippen LogP) is 1.22. The highest BCUT2D eigenvalue weighted by atomic mass is 16.5. The third-order valence-electron chi connectivity index (χ3n) is 3.03. The highest BCUT2D eigenvalue weighted by Gasteiger charge is 2.15. The van der Waals surface area contributed by atoms with E-state index in [-0.39, 0.29) is 18.6 Å². The number of ether oxygens (including phenoxy) is 1. The number of hydrogen-bond donors (Lipinski definition) is 2. The van der Waals surface area contributed by atoms with Gasteiger partial charge in [0.25, 0.3) is 5.91 Å². The minimum atomic E-state index is -0.174. The molecule has 92 valence electrons. The lowest BCUT2D eigenvalue weighted by Gasteiger charge is -2.14. The largest absolute Gasteiger partial charge is 0.394 e. The molecule has 0 fully saturated rings. The zero-order chi connectivity index (χ0) is 12.3. The molecule has 1 aliphatic rings. The van der Waals surface area contributed by atoms with Crippen LogP contribution in [0.25, 0.3) is 0 Å². The van der Waals surface area contributed by atoms with Crippen molar-refractivity contribution in [2.75, 3.05) is 6.61 Å². The summed E-state index contributed by atoms with van der Waals surface area (Å²) in [6.07, 6.45) is 0.719. The van der Waals surface area contributed by atoms with Crippen molar-refractivity contribution in [2.24, 2.45) is 0 Å². The SMILES string of the molecule is CC[C@H](CO)NC(=O)c1ccc2c(c1)COC2. The van der Waals surface area contributed by atoms with E-state index in [1.165, 1.54) is 0 Å². The Balaban J connectivity index is 2.09. The van der Waals surface area contributed by atoms with Crippen LogP contribution in [0.5, 0.6) is 0 Å².